The number of carbonyl (C=O) groups excluding carboxylic acids is 1. The number of H-pyrrole nitrogens is 1. The summed E-state index contributed by atoms with van der Waals surface area (Å²) in [5.74, 6) is 0.630. The van der Waals surface area contributed by atoms with Crippen LogP contribution in [0, 0.1) is 12.7 Å². The van der Waals surface area contributed by atoms with Gasteiger partial charge < -0.3 is 19.0 Å². The van der Waals surface area contributed by atoms with Gasteiger partial charge >= 0.3 is 5.63 Å². The second kappa shape index (κ2) is 7.95. The Morgan fingerprint density at radius 1 is 1.14 bits per heavy atom. The zero-order valence-corrected chi connectivity index (χ0v) is 16.0. The summed E-state index contributed by atoms with van der Waals surface area (Å²) < 4.78 is 23.9. The van der Waals surface area contributed by atoms with Crippen molar-refractivity contribution < 1.29 is 18.3 Å². The number of benzene rings is 1. The van der Waals surface area contributed by atoms with Crippen molar-refractivity contribution in [3.8, 4) is 16.9 Å². The Morgan fingerprint density at radius 3 is 2.55 bits per heavy atom. The largest absolute Gasteiger partial charge is 0.490 e. The van der Waals surface area contributed by atoms with Gasteiger partial charge in [0.25, 0.3) is 5.91 Å². The molecule has 2 aromatic heterocycles. The molecule has 1 fully saturated rings. The van der Waals surface area contributed by atoms with E-state index in [1.54, 1.807) is 42.3 Å². The fraction of sp³-hybridized carbons (Fsp3) is 0.273. The van der Waals surface area contributed by atoms with Gasteiger partial charge in [-0.05, 0) is 36.2 Å². The highest BCUT2D eigenvalue weighted by atomic mass is 19.1. The van der Waals surface area contributed by atoms with Gasteiger partial charge in [-0.2, -0.15) is 0 Å². The smallest absolute Gasteiger partial charge is 0.339 e. The lowest BCUT2D eigenvalue weighted by Gasteiger charge is -2.31. The summed E-state index contributed by atoms with van der Waals surface area (Å²) in [6.45, 7) is 2.83. The first-order chi connectivity index (χ1) is 14.0. The minimum absolute atomic E-state index is 0.0568. The normalized spacial score (nSPS) is 14.8. The van der Waals surface area contributed by atoms with Crippen LogP contribution in [0.15, 0.2) is 57.9 Å². The summed E-state index contributed by atoms with van der Waals surface area (Å²) in [6.07, 6.45) is 3.05. The first kappa shape index (κ1) is 19.0. The Kier molecular flexibility index (Phi) is 5.20. The Bertz CT molecular complexity index is 1060. The van der Waals surface area contributed by atoms with Crippen LogP contribution in [0.1, 0.15) is 29.1 Å². The van der Waals surface area contributed by atoms with Gasteiger partial charge in [0.05, 0.1) is 6.07 Å². The molecule has 4 rings (SSSR count). The highest BCUT2D eigenvalue weighted by Crippen LogP contribution is 2.23. The van der Waals surface area contributed by atoms with E-state index in [0.717, 1.165) is 11.1 Å². The van der Waals surface area contributed by atoms with E-state index in [1.165, 1.54) is 18.2 Å². The van der Waals surface area contributed by atoms with Gasteiger partial charge in [-0.25, -0.2) is 9.18 Å². The average Bonchev–Trinajstić information content (AvgIpc) is 3.18. The molecule has 0 unspecified atom stereocenters. The lowest BCUT2D eigenvalue weighted by atomic mass is 10.1. The lowest BCUT2D eigenvalue weighted by Crippen LogP contribution is -2.42. The molecule has 0 atom stereocenters. The lowest BCUT2D eigenvalue weighted by molar-refractivity contribution is 0.0589. The van der Waals surface area contributed by atoms with Crippen LogP contribution in [-0.2, 0) is 0 Å². The molecular weight excluding hydrogens is 375 g/mol. The van der Waals surface area contributed by atoms with Crippen LogP contribution in [0.2, 0.25) is 0 Å². The zero-order chi connectivity index (χ0) is 20.4. The Labute approximate surface area is 166 Å². The molecule has 0 aliphatic carbocycles. The van der Waals surface area contributed by atoms with E-state index in [1.807, 2.05) is 0 Å². The second-order valence-corrected chi connectivity index (χ2v) is 7.14. The molecule has 0 spiro atoms. The molecule has 3 aromatic rings. The van der Waals surface area contributed by atoms with Crippen LogP contribution in [0.3, 0.4) is 0 Å². The number of rotatable bonds is 4. The summed E-state index contributed by atoms with van der Waals surface area (Å²) in [7, 11) is 0. The first-order valence-corrected chi connectivity index (χ1v) is 9.50. The van der Waals surface area contributed by atoms with E-state index < -0.39 is 5.63 Å². The highest BCUT2D eigenvalue weighted by Gasteiger charge is 2.25. The van der Waals surface area contributed by atoms with Gasteiger partial charge in [-0.3, -0.25) is 4.79 Å². The molecular formula is C22H21FN2O4. The molecule has 1 aromatic carbocycles. The van der Waals surface area contributed by atoms with E-state index in [-0.39, 0.29) is 17.8 Å². The predicted octanol–water partition coefficient (Wildman–Crippen LogP) is 3.77. The van der Waals surface area contributed by atoms with Crippen LogP contribution in [-0.4, -0.2) is 35.0 Å². The van der Waals surface area contributed by atoms with E-state index in [2.05, 4.69) is 4.98 Å². The third kappa shape index (κ3) is 4.39. The number of aromatic amines is 1. The number of piperidine rings is 1. The summed E-state index contributed by atoms with van der Waals surface area (Å²) in [6, 6.07) is 11.0. The van der Waals surface area contributed by atoms with Crippen molar-refractivity contribution in [2.75, 3.05) is 13.1 Å². The number of aryl methyl sites for hydroxylation is 1. The third-order valence-electron chi connectivity index (χ3n) is 4.99. The molecule has 0 radical (unpaired) electrons. The zero-order valence-electron chi connectivity index (χ0n) is 16.0. The molecule has 7 heteroatoms. The number of likely N-dealkylation sites (tertiary alicyclic amines) is 1. The molecule has 1 saturated heterocycles. The van der Waals surface area contributed by atoms with Gasteiger partial charge in [-0.1, -0.05) is 12.1 Å². The van der Waals surface area contributed by atoms with Gasteiger partial charge in [-0.15, -0.1) is 0 Å². The first-order valence-electron chi connectivity index (χ1n) is 9.50. The van der Waals surface area contributed by atoms with Crippen LogP contribution >= 0.6 is 0 Å². The molecule has 0 saturated carbocycles. The van der Waals surface area contributed by atoms with Gasteiger partial charge in [0.1, 0.15) is 29.1 Å². The fourth-order valence-electron chi connectivity index (χ4n) is 3.51. The second-order valence-electron chi connectivity index (χ2n) is 7.14. The minimum Gasteiger partial charge on any atom is -0.490 e. The predicted molar refractivity (Wildman–Crippen MR) is 105 cm³/mol. The van der Waals surface area contributed by atoms with E-state index in [0.29, 0.717) is 43.1 Å². The van der Waals surface area contributed by atoms with Crippen molar-refractivity contribution >= 4 is 5.91 Å². The molecule has 1 N–H and O–H groups in total. The molecule has 0 bridgehead atoms. The molecule has 3 heterocycles. The maximum absolute atomic E-state index is 13.1. The molecule has 6 nitrogen and oxygen atoms in total. The number of ether oxygens (including phenoxy) is 1. The number of aromatic nitrogens is 1. The van der Waals surface area contributed by atoms with Crippen LogP contribution in [0.25, 0.3) is 11.1 Å². The van der Waals surface area contributed by atoms with E-state index >= 15 is 0 Å². The summed E-state index contributed by atoms with van der Waals surface area (Å²) in [4.78, 5) is 29.0. The maximum atomic E-state index is 13.1. The highest BCUT2D eigenvalue weighted by molar-refractivity contribution is 5.94. The van der Waals surface area contributed by atoms with Gasteiger partial charge in [0, 0.05) is 38.2 Å². The van der Waals surface area contributed by atoms with Crippen molar-refractivity contribution in [2.24, 2.45) is 0 Å². The summed E-state index contributed by atoms with van der Waals surface area (Å²) in [5.41, 5.74) is 1.75. The topological polar surface area (TPSA) is 75.5 Å². The van der Waals surface area contributed by atoms with Crippen molar-refractivity contribution in [2.45, 2.75) is 25.9 Å². The fourth-order valence-corrected chi connectivity index (χ4v) is 3.51. The number of hydrogen-bond acceptors (Lipinski definition) is 4. The number of carbonyl (C=O) groups is 1. The number of amides is 1. The molecule has 150 valence electrons. The average molecular weight is 396 g/mol. The maximum Gasteiger partial charge on any atom is 0.339 e. The van der Waals surface area contributed by atoms with Crippen LogP contribution in [0.5, 0.6) is 5.75 Å². The van der Waals surface area contributed by atoms with Crippen molar-refractivity contribution in [3.63, 3.8) is 0 Å². The SMILES string of the molecule is Cc1cc(OC2CCN(C(=O)c3cc(-c4ccc(F)cc4)c[nH]3)CC2)cc(=O)o1. The number of halogens is 1. The van der Waals surface area contributed by atoms with E-state index in [9.17, 15) is 14.0 Å². The number of hydrogen-bond donors (Lipinski definition) is 1. The Hall–Kier alpha value is -3.35. The third-order valence-corrected chi connectivity index (χ3v) is 4.99. The van der Waals surface area contributed by atoms with Crippen molar-refractivity contribution in [1.29, 1.82) is 0 Å². The monoisotopic (exact) mass is 396 g/mol. The van der Waals surface area contributed by atoms with Crippen LogP contribution in [0.4, 0.5) is 4.39 Å². The van der Waals surface area contributed by atoms with Gasteiger partial charge in [0.15, 0.2) is 0 Å². The number of nitrogens with zero attached hydrogens (tertiary/aromatic N) is 1. The number of nitrogens with one attached hydrogen (secondary N) is 1. The minimum atomic E-state index is -0.434. The molecule has 1 aliphatic rings. The summed E-state index contributed by atoms with van der Waals surface area (Å²) >= 11 is 0. The Balaban J connectivity index is 1.36. The standard InChI is InChI=1S/C22H21FN2O4/c1-14-10-19(12-21(26)28-14)29-18-6-8-25(9-7-18)22(27)20-11-16(13-24-20)15-2-4-17(23)5-3-15/h2-5,10-13,18,24H,6-9H2,1H3. The molecule has 1 aliphatic heterocycles. The van der Waals surface area contributed by atoms with E-state index in [4.69, 9.17) is 9.15 Å². The van der Waals surface area contributed by atoms with Crippen LogP contribution < -0.4 is 10.4 Å². The van der Waals surface area contributed by atoms with Crippen molar-refractivity contribution in [3.05, 3.63) is 76.4 Å². The quantitative estimate of drug-likeness (QED) is 0.729. The molecule has 29 heavy (non-hydrogen) atoms. The Morgan fingerprint density at radius 2 is 1.86 bits per heavy atom. The van der Waals surface area contributed by atoms with Crippen molar-refractivity contribution in [1.82, 2.24) is 9.88 Å². The van der Waals surface area contributed by atoms with Gasteiger partial charge in [0.2, 0.25) is 0 Å². The molecule has 1 amide bonds. The summed E-state index contributed by atoms with van der Waals surface area (Å²) in [5, 5.41) is 0.